The highest BCUT2D eigenvalue weighted by Crippen LogP contribution is 2.23. The molecule has 0 unspecified atom stereocenters. The van der Waals surface area contributed by atoms with Gasteiger partial charge in [0.1, 0.15) is 30.0 Å². The second-order valence-corrected chi connectivity index (χ2v) is 26.6. The SMILES string of the molecule is CCN(CC)CC.CCO.CCOC(=O)[C@@H](C)N.CCOC(=O)[C@@H](C)N=Cc1ccc(Cl)cc1.CCOC(=O)[C@@H](C)N=Cc1ccc(Cl)cc1.CCOC(=O)[C@](C)(Cc1ccc(Cl)cc1)N=Cc1ccc(Cl)cc1.CCOC(=O)[C@](C)(N)Cc1ccc(Cl)cc1.Cl.Clc1ccc(CBr)cc1.O=Cc1ccc(Cl)cc1. The van der Waals surface area contributed by atoms with Crippen molar-refractivity contribution in [2.75, 3.05) is 59.3 Å². The van der Waals surface area contributed by atoms with Gasteiger partial charge >= 0.3 is 29.8 Å². The van der Waals surface area contributed by atoms with Gasteiger partial charge in [-0.1, -0.05) is 203 Å². The van der Waals surface area contributed by atoms with Crippen molar-refractivity contribution in [2.24, 2.45) is 26.4 Å². The molecule has 7 rings (SSSR count). The number of halogens is 9. The summed E-state index contributed by atoms with van der Waals surface area (Å²) >= 11 is 43.6. The number of aliphatic imine (C=N–C) groups is 3. The molecule has 0 bridgehead atoms. The van der Waals surface area contributed by atoms with E-state index in [9.17, 15) is 28.8 Å². The van der Waals surface area contributed by atoms with Gasteiger partial charge in [0, 0.05) is 84.1 Å². The van der Waals surface area contributed by atoms with Crippen LogP contribution in [0.2, 0.25) is 35.2 Å². The van der Waals surface area contributed by atoms with Crippen LogP contribution in [0.5, 0.6) is 0 Å². The van der Waals surface area contributed by atoms with Crippen molar-refractivity contribution in [2.45, 2.75) is 144 Å². The lowest BCUT2D eigenvalue weighted by molar-refractivity contribution is -0.149. The second-order valence-electron chi connectivity index (χ2n) is 23.0. The van der Waals surface area contributed by atoms with Gasteiger partial charge in [-0.05, 0) is 214 Å². The first kappa shape index (κ1) is 106. The second kappa shape index (κ2) is 63.8. The van der Waals surface area contributed by atoms with Crippen molar-refractivity contribution in [1.82, 2.24) is 4.90 Å². The standard InChI is InChI=1S/C19H19Cl2NO2.C12H16ClNO2.2C12H14ClNO2.C7H6BrCl.C7H5ClO.C6H15N.C5H11NO2.C2H6O.ClH/c1-3-24-18(23)19(2,12-14-4-8-16(20)9-5-14)22-13-15-6-10-17(21)11-7-15;1-3-16-11(15)12(2,14)8-9-4-6-10(13)7-5-9;2*1-3-16-12(15)9(2)14-8-10-4-6-11(13)7-5-10;8-5-6-1-3-7(9)4-2-6;8-7-3-1-6(5-9)2-4-7;1-4-7(5-2)6-3;1-3-8-5(7)4(2)6;1-2-3;/h4-11,13H,3,12H2,1-2H3;4-7H,3,8,14H2,1-2H3;2*4-9H,3H2,1-2H3;1-4H,5H2;1-5H;4-6H2,1-3H3;4H,3,6H2,1-2H3;3H,2H2,1H3;1H/t19-;12-;2*9-;;;;4-;;/m0111...1../s1. The third-order valence-electron chi connectivity index (χ3n) is 13.7. The molecule has 7 aromatic carbocycles. The number of carbonyl (C=O) groups is 6. The Bertz CT molecular complexity index is 3590. The quantitative estimate of drug-likeness (QED) is 0.0158. The van der Waals surface area contributed by atoms with E-state index in [1.807, 2.05) is 84.9 Å². The van der Waals surface area contributed by atoms with E-state index in [2.05, 4.69) is 61.3 Å². The Hall–Kier alpha value is -6.79. The van der Waals surface area contributed by atoms with E-state index in [0.29, 0.717) is 81.6 Å². The summed E-state index contributed by atoms with van der Waals surface area (Å²) in [5.41, 5.74) is 15.5. The molecule has 5 atom stereocenters. The smallest absolute Gasteiger partial charge is 0.334 e. The van der Waals surface area contributed by atoms with E-state index in [4.69, 9.17) is 117 Å². The molecule has 5 N–H and O–H groups in total. The van der Waals surface area contributed by atoms with Gasteiger partial charge in [-0.15, -0.1) is 12.4 Å². The van der Waals surface area contributed by atoms with E-state index in [1.165, 1.54) is 25.2 Å². The zero-order valence-corrected chi connectivity index (χ0v) is 72.2. The van der Waals surface area contributed by atoms with E-state index >= 15 is 0 Å². The Labute approximate surface area is 695 Å². The number of esters is 5. The Morgan fingerprint density at radius 2 is 0.706 bits per heavy atom. The van der Waals surface area contributed by atoms with Gasteiger partial charge in [-0.2, -0.15) is 0 Å². The number of aldehydes is 1. The molecule has 0 aliphatic heterocycles. The normalized spacial score (nSPS) is 12.1. The topological polar surface area (TPSA) is 261 Å². The van der Waals surface area contributed by atoms with Gasteiger partial charge in [-0.25, -0.2) is 14.4 Å². The highest BCUT2D eigenvalue weighted by Gasteiger charge is 2.34. The van der Waals surface area contributed by atoms with E-state index in [1.54, 1.807) is 180 Å². The number of aliphatic hydroxyl groups is 1. The van der Waals surface area contributed by atoms with Crippen LogP contribution in [0.4, 0.5) is 0 Å². The number of nitrogens with zero attached hydrogens (tertiary/aromatic N) is 4. The fourth-order valence-electron chi connectivity index (χ4n) is 7.82. The maximum atomic E-state index is 12.4. The minimum Gasteiger partial charge on any atom is -0.465 e. The lowest BCUT2D eigenvalue weighted by Gasteiger charge is -2.23. The molecule has 0 amide bonds. The molecule has 0 fully saturated rings. The number of nitrogens with two attached hydrogens (primary N) is 2. The largest absolute Gasteiger partial charge is 0.465 e. The number of ether oxygens (including phenoxy) is 5. The van der Waals surface area contributed by atoms with Crippen LogP contribution in [0.1, 0.15) is 141 Å². The summed E-state index contributed by atoms with van der Waals surface area (Å²) in [6.07, 6.45) is 6.59. The molecule has 0 saturated carbocycles. The zero-order chi connectivity index (χ0) is 82.0. The molecule has 0 aromatic heterocycles. The summed E-state index contributed by atoms with van der Waals surface area (Å²) in [6.45, 7) is 31.1. The maximum Gasteiger partial charge on any atom is 0.334 e. The fraction of sp³-hybridized carbons (Fsp3) is 0.378. The van der Waals surface area contributed by atoms with Crippen LogP contribution in [-0.2, 0) is 65.8 Å². The first-order chi connectivity index (χ1) is 51.2. The first-order valence-corrected chi connectivity index (χ1v) is 38.6. The molecule has 109 heavy (non-hydrogen) atoms. The molecule has 18 nitrogen and oxygen atoms in total. The Morgan fingerprint density at radius 1 is 0.440 bits per heavy atom. The van der Waals surface area contributed by atoms with Crippen molar-refractivity contribution in [3.63, 3.8) is 0 Å². The van der Waals surface area contributed by atoms with Crippen LogP contribution in [0.15, 0.2) is 185 Å². The number of aliphatic hydroxyl groups excluding tert-OH is 1. The van der Waals surface area contributed by atoms with Crippen molar-refractivity contribution in [3.05, 3.63) is 244 Å². The van der Waals surface area contributed by atoms with Gasteiger partial charge in [-0.3, -0.25) is 29.4 Å². The van der Waals surface area contributed by atoms with Crippen molar-refractivity contribution in [3.8, 4) is 0 Å². The molecule has 0 radical (unpaired) electrons. The third-order valence-corrected chi connectivity index (χ3v) is 16.1. The van der Waals surface area contributed by atoms with Gasteiger partial charge in [0.2, 0.25) is 0 Å². The molecule has 600 valence electrons. The van der Waals surface area contributed by atoms with Gasteiger partial charge in [0.15, 0.2) is 5.54 Å². The van der Waals surface area contributed by atoms with Crippen molar-refractivity contribution < 1.29 is 57.6 Å². The number of carbonyl (C=O) groups excluding carboxylic acids is 6. The Morgan fingerprint density at radius 3 is 0.972 bits per heavy atom. The van der Waals surface area contributed by atoms with Crippen molar-refractivity contribution >= 4 is 164 Å². The number of alkyl halides is 1. The zero-order valence-electron chi connectivity index (χ0n) is 64.5. The van der Waals surface area contributed by atoms with E-state index in [-0.39, 0.29) is 48.9 Å². The third kappa shape index (κ3) is 52.2. The molecule has 0 aliphatic carbocycles. The highest BCUT2D eigenvalue weighted by atomic mass is 79.9. The molecule has 0 spiro atoms. The summed E-state index contributed by atoms with van der Waals surface area (Å²) in [7, 11) is 0. The lowest BCUT2D eigenvalue weighted by Crippen LogP contribution is -2.48. The van der Waals surface area contributed by atoms with Gasteiger partial charge < -0.3 is 45.2 Å². The summed E-state index contributed by atoms with van der Waals surface area (Å²) in [6, 6.07) is 49.4. The summed E-state index contributed by atoms with van der Waals surface area (Å²) < 4.78 is 24.3. The van der Waals surface area contributed by atoms with E-state index < -0.39 is 29.2 Å². The fourth-order valence-corrected chi connectivity index (χ4v) is 9.07. The monoisotopic (exact) mass is 1730 g/mol. The van der Waals surface area contributed by atoms with Crippen LogP contribution in [0.25, 0.3) is 0 Å². The predicted octanol–water partition coefficient (Wildman–Crippen LogP) is 19.6. The summed E-state index contributed by atoms with van der Waals surface area (Å²) in [5.74, 6) is -1.71. The predicted molar refractivity (Wildman–Crippen MR) is 459 cm³/mol. The molecule has 0 heterocycles. The number of benzene rings is 7. The van der Waals surface area contributed by atoms with Gasteiger partial charge in [0.05, 0.1) is 33.0 Å². The average Bonchev–Trinajstić information content (AvgIpc) is 0.835. The Balaban J connectivity index is -0.00000121. The van der Waals surface area contributed by atoms with Crippen LogP contribution in [-0.4, -0.2) is 153 Å². The lowest BCUT2D eigenvalue weighted by atomic mass is 9.93. The van der Waals surface area contributed by atoms with Crippen LogP contribution in [0, 0.1) is 0 Å². The molecule has 7 aromatic rings. The van der Waals surface area contributed by atoms with Crippen molar-refractivity contribution in [1.29, 1.82) is 0 Å². The van der Waals surface area contributed by atoms with Crippen LogP contribution < -0.4 is 11.5 Å². The van der Waals surface area contributed by atoms with Crippen LogP contribution >= 0.6 is 110 Å². The minimum atomic E-state index is -1.01. The first-order valence-electron chi connectivity index (χ1n) is 34.8. The molecule has 0 aliphatic rings. The maximum absolute atomic E-state index is 12.4. The van der Waals surface area contributed by atoms with Crippen LogP contribution in [0.3, 0.4) is 0 Å². The average molecular weight is 1730 g/mol. The Kier molecular flexibility index (Phi) is 62.3. The summed E-state index contributed by atoms with van der Waals surface area (Å²) in [5, 5.41) is 13.2. The molecular formula is C82H107BrCl8N6O12. The number of hydrogen-bond acceptors (Lipinski definition) is 18. The minimum absolute atomic E-state index is 0. The number of rotatable bonds is 25. The molecular weight excluding hydrogens is 1620 g/mol. The molecule has 0 saturated heterocycles. The van der Waals surface area contributed by atoms with Gasteiger partial charge in [0.25, 0.3) is 0 Å². The highest BCUT2D eigenvalue weighted by molar-refractivity contribution is 9.08. The number of hydrogen-bond donors (Lipinski definition) is 3. The van der Waals surface area contributed by atoms with E-state index in [0.717, 1.165) is 44.5 Å². The molecule has 27 heteroatoms. The summed E-state index contributed by atoms with van der Waals surface area (Å²) in [4.78, 5) is 82.1.